The Bertz CT molecular complexity index is 617. The zero-order chi connectivity index (χ0) is 14.9. The van der Waals surface area contributed by atoms with E-state index in [0.29, 0.717) is 10.0 Å². The number of carbonyl (C=O) groups is 3. The van der Waals surface area contributed by atoms with Gasteiger partial charge in [0.1, 0.15) is 6.54 Å². The van der Waals surface area contributed by atoms with E-state index < -0.39 is 17.1 Å². The lowest BCUT2D eigenvalue weighted by atomic mass is 10.3. The molecule has 1 N–H and O–H groups in total. The van der Waals surface area contributed by atoms with Crippen LogP contribution in [-0.2, 0) is 9.59 Å². The van der Waals surface area contributed by atoms with Gasteiger partial charge in [-0.15, -0.1) is 11.3 Å². The molecule has 0 aromatic carbocycles. The van der Waals surface area contributed by atoms with E-state index >= 15 is 0 Å². The second-order valence-electron chi connectivity index (χ2n) is 4.43. The third-order valence-electron chi connectivity index (χ3n) is 2.47. The van der Waals surface area contributed by atoms with Crippen molar-refractivity contribution in [3.63, 3.8) is 0 Å². The van der Waals surface area contributed by atoms with Crippen LogP contribution in [0.3, 0.4) is 0 Å². The predicted octanol–water partition coefficient (Wildman–Crippen LogP) is 2.38. The van der Waals surface area contributed by atoms with Crippen molar-refractivity contribution in [2.75, 3.05) is 11.9 Å². The fourth-order valence-corrected chi connectivity index (χ4v) is 3.10. The molecular formula is C12H13N3O3S2. The van der Waals surface area contributed by atoms with Crippen LogP contribution in [0.25, 0.3) is 0 Å². The molecule has 0 aliphatic carbocycles. The third-order valence-corrected chi connectivity index (χ3v) is 4.53. The number of amides is 3. The van der Waals surface area contributed by atoms with E-state index in [1.165, 1.54) is 11.3 Å². The number of thiazole rings is 1. The topological polar surface area (TPSA) is 79.4 Å². The lowest BCUT2D eigenvalue weighted by Gasteiger charge is -2.11. The third kappa shape index (κ3) is 3.07. The molecule has 2 rings (SSSR count). The zero-order valence-electron chi connectivity index (χ0n) is 11.2. The van der Waals surface area contributed by atoms with Gasteiger partial charge in [0.15, 0.2) is 5.13 Å². The molecule has 20 heavy (non-hydrogen) atoms. The second-order valence-corrected chi connectivity index (χ2v) is 6.25. The van der Waals surface area contributed by atoms with Crippen LogP contribution in [-0.4, -0.2) is 33.5 Å². The largest absolute Gasteiger partial charge is 0.300 e. The molecular weight excluding hydrogens is 298 g/mol. The maximum absolute atomic E-state index is 12.0. The van der Waals surface area contributed by atoms with Crippen LogP contribution in [0.4, 0.5) is 9.93 Å². The zero-order valence-corrected chi connectivity index (χ0v) is 12.9. The number of carbonyl (C=O) groups excluding carboxylic acids is 3. The Morgan fingerprint density at radius 1 is 1.40 bits per heavy atom. The quantitative estimate of drug-likeness (QED) is 0.867. The highest BCUT2D eigenvalue weighted by molar-refractivity contribution is 8.18. The first-order valence-corrected chi connectivity index (χ1v) is 7.51. The van der Waals surface area contributed by atoms with Gasteiger partial charge in [0.05, 0.1) is 10.6 Å². The molecule has 8 heteroatoms. The molecule has 6 nitrogen and oxygen atoms in total. The number of rotatable bonds is 3. The minimum absolute atomic E-state index is 0.292. The highest BCUT2D eigenvalue weighted by Crippen LogP contribution is 2.32. The van der Waals surface area contributed by atoms with Gasteiger partial charge in [0.25, 0.3) is 11.1 Å². The lowest BCUT2D eigenvalue weighted by Crippen LogP contribution is -2.36. The number of imide groups is 1. The normalized spacial score (nSPS) is 14.9. The van der Waals surface area contributed by atoms with E-state index in [-0.39, 0.29) is 6.54 Å². The molecule has 1 aliphatic heterocycles. The van der Waals surface area contributed by atoms with Crippen molar-refractivity contribution in [3.8, 4) is 0 Å². The fraction of sp³-hybridized carbons (Fsp3) is 0.333. The summed E-state index contributed by atoms with van der Waals surface area (Å²) in [7, 11) is 0. The Kier molecular flexibility index (Phi) is 4.24. The minimum Gasteiger partial charge on any atom is -0.300 e. The van der Waals surface area contributed by atoms with E-state index in [2.05, 4.69) is 10.3 Å². The van der Waals surface area contributed by atoms with Gasteiger partial charge in [-0.3, -0.25) is 19.3 Å². The molecule has 0 radical (unpaired) electrons. The van der Waals surface area contributed by atoms with Crippen LogP contribution in [0, 0.1) is 6.92 Å². The number of thioether (sulfide) groups is 1. The number of aryl methyl sites for hydroxylation is 1. The smallest absolute Gasteiger partial charge is 0.294 e. The highest BCUT2D eigenvalue weighted by Gasteiger charge is 2.36. The summed E-state index contributed by atoms with van der Waals surface area (Å²) in [5.74, 6) is -0.845. The molecule has 1 fully saturated rings. The summed E-state index contributed by atoms with van der Waals surface area (Å²) in [6.07, 6.45) is 0. The fourth-order valence-electron chi connectivity index (χ4n) is 1.56. The van der Waals surface area contributed by atoms with Crippen LogP contribution < -0.4 is 5.32 Å². The van der Waals surface area contributed by atoms with Crippen LogP contribution in [0.5, 0.6) is 0 Å². The van der Waals surface area contributed by atoms with E-state index in [0.717, 1.165) is 27.9 Å². The van der Waals surface area contributed by atoms with Gasteiger partial charge < -0.3 is 5.32 Å². The molecule has 1 aromatic heterocycles. The highest BCUT2D eigenvalue weighted by atomic mass is 32.2. The van der Waals surface area contributed by atoms with Gasteiger partial charge in [-0.05, 0) is 32.5 Å². The molecule has 106 valence electrons. The summed E-state index contributed by atoms with van der Waals surface area (Å²) in [5.41, 5.74) is 1.58. The Labute approximate surface area is 124 Å². The standard InChI is InChI=1S/C12H13N3O3S2/c1-6(2)9-10(17)15(12(18)20-9)4-8(16)14-11-13-7(3)5-19-11/h5H,4H2,1-3H3,(H,13,14,16). The monoisotopic (exact) mass is 311 g/mol. The van der Waals surface area contributed by atoms with E-state index in [1.807, 2.05) is 6.92 Å². The number of aromatic nitrogens is 1. The summed E-state index contributed by atoms with van der Waals surface area (Å²) in [6, 6.07) is 0. The van der Waals surface area contributed by atoms with Crippen molar-refractivity contribution in [1.29, 1.82) is 0 Å². The van der Waals surface area contributed by atoms with Gasteiger partial charge in [0.2, 0.25) is 5.91 Å². The van der Waals surface area contributed by atoms with Gasteiger partial charge in [-0.25, -0.2) is 4.98 Å². The number of hydrogen-bond donors (Lipinski definition) is 1. The lowest BCUT2D eigenvalue weighted by molar-refractivity contribution is -0.127. The van der Waals surface area contributed by atoms with Crippen molar-refractivity contribution in [3.05, 3.63) is 21.6 Å². The summed E-state index contributed by atoms with van der Waals surface area (Å²) >= 11 is 2.16. The van der Waals surface area contributed by atoms with E-state index in [1.54, 1.807) is 19.2 Å². The minimum atomic E-state index is -0.434. The number of allylic oxidation sites excluding steroid dienone is 1. The van der Waals surface area contributed by atoms with Crippen molar-refractivity contribution >= 4 is 45.3 Å². The van der Waals surface area contributed by atoms with E-state index in [9.17, 15) is 14.4 Å². The second kappa shape index (κ2) is 5.76. The summed E-state index contributed by atoms with van der Waals surface area (Å²) < 4.78 is 0. The first-order valence-electron chi connectivity index (χ1n) is 5.81. The van der Waals surface area contributed by atoms with Crippen LogP contribution >= 0.6 is 23.1 Å². The van der Waals surface area contributed by atoms with Crippen molar-refractivity contribution in [1.82, 2.24) is 9.88 Å². The number of anilines is 1. The van der Waals surface area contributed by atoms with E-state index in [4.69, 9.17) is 0 Å². The summed E-state index contributed by atoms with van der Waals surface area (Å²) in [4.78, 5) is 41.0. The molecule has 1 aliphatic rings. The number of hydrogen-bond acceptors (Lipinski definition) is 6. The predicted molar refractivity (Wildman–Crippen MR) is 78.6 cm³/mol. The molecule has 0 saturated carbocycles. The molecule has 0 atom stereocenters. The first-order chi connectivity index (χ1) is 9.38. The summed E-state index contributed by atoms with van der Waals surface area (Å²) in [6.45, 7) is 5.04. The molecule has 0 unspecified atom stereocenters. The number of nitrogens with one attached hydrogen (secondary N) is 1. The molecule has 1 aromatic rings. The van der Waals surface area contributed by atoms with Crippen molar-refractivity contribution < 1.29 is 14.4 Å². The Hall–Kier alpha value is -1.67. The van der Waals surface area contributed by atoms with Crippen LogP contribution in [0.2, 0.25) is 0 Å². The van der Waals surface area contributed by atoms with Gasteiger partial charge in [0, 0.05) is 5.38 Å². The Balaban J connectivity index is 2.03. The average Bonchev–Trinajstić information content (AvgIpc) is 2.87. The van der Waals surface area contributed by atoms with Gasteiger partial charge >= 0.3 is 0 Å². The van der Waals surface area contributed by atoms with Gasteiger partial charge in [-0.1, -0.05) is 5.57 Å². The Morgan fingerprint density at radius 2 is 2.10 bits per heavy atom. The first kappa shape index (κ1) is 14.7. The van der Waals surface area contributed by atoms with Crippen molar-refractivity contribution in [2.45, 2.75) is 20.8 Å². The molecule has 3 amide bonds. The molecule has 1 saturated heterocycles. The SMILES string of the molecule is CC(C)=C1SC(=O)N(CC(=O)Nc2nc(C)cs2)C1=O. The summed E-state index contributed by atoms with van der Waals surface area (Å²) in [5, 5.41) is 4.42. The van der Waals surface area contributed by atoms with Crippen molar-refractivity contribution in [2.24, 2.45) is 0 Å². The maximum Gasteiger partial charge on any atom is 0.294 e. The maximum atomic E-state index is 12.0. The molecule has 2 heterocycles. The van der Waals surface area contributed by atoms with Crippen LogP contribution in [0.15, 0.2) is 15.9 Å². The average molecular weight is 311 g/mol. The molecule has 0 spiro atoms. The van der Waals surface area contributed by atoms with Gasteiger partial charge in [-0.2, -0.15) is 0 Å². The number of nitrogens with zero attached hydrogens (tertiary/aromatic N) is 2. The Morgan fingerprint density at radius 3 is 2.60 bits per heavy atom. The van der Waals surface area contributed by atoms with Crippen LogP contribution in [0.1, 0.15) is 19.5 Å². The molecule has 0 bridgehead atoms.